The minimum Gasteiger partial charge on any atom is -0.496 e. The number of nitrogens with zero attached hydrogens (tertiary/aromatic N) is 2. The SMILES string of the molecule is CCc1ccc(N=C2S/C(=C/c3cc(Cl)ccc3OC)C(=O)N2C)cc1. The molecule has 2 aromatic rings. The van der Waals surface area contributed by atoms with Gasteiger partial charge in [0.2, 0.25) is 0 Å². The van der Waals surface area contributed by atoms with E-state index in [0.29, 0.717) is 20.8 Å². The normalized spacial score (nSPS) is 17.4. The molecule has 26 heavy (non-hydrogen) atoms. The van der Waals surface area contributed by atoms with Crippen molar-refractivity contribution in [3.63, 3.8) is 0 Å². The molecule has 2 aromatic carbocycles. The third-order valence-electron chi connectivity index (χ3n) is 4.05. The molecule has 0 bridgehead atoms. The van der Waals surface area contributed by atoms with Crippen molar-refractivity contribution in [2.45, 2.75) is 13.3 Å². The fraction of sp³-hybridized carbons (Fsp3) is 0.200. The molecule has 1 amide bonds. The number of hydrogen-bond donors (Lipinski definition) is 0. The second kappa shape index (κ2) is 7.98. The zero-order valence-electron chi connectivity index (χ0n) is 14.8. The van der Waals surface area contributed by atoms with Crippen LogP contribution in [-0.2, 0) is 11.2 Å². The molecule has 1 fully saturated rings. The van der Waals surface area contributed by atoms with Crippen molar-refractivity contribution >= 4 is 46.2 Å². The minimum absolute atomic E-state index is 0.0963. The Balaban J connectivity index is 1.91. The summed E-state index contributed by atoms with van der Waals surface area (Å²) in [7, 11) is 3.32. The van der Waals surface area contributed by atoms with Gasteiger partial charge >= 0.3 is 0 Å². The molecule has 6 heteroatoms. The zero-order valence-corrected chi connectivity index (χ0v) is 16.4. The van der Waals surface area contributed by atoms with Gasteiger partial charge in [-0.1, -0.05) is 30.7 Å². The fourth-order valence-electron chi connectivity index (χ4n) is 2.53. The van der Waals surface area contributed by atoms with Gasteiger partial charge < -0.3 is 4.74 Å². The number of carbonyl (C=O) groups is 1. The summed E-state index contributed by atoms with van der Waals surface area (Å²) < 4.78 is 5.35. The Morgan fingerprint density at radius 1 is 1.23 bits per heavy atom. The quantitative estimate of drug-likeness (QED) is 0.683. The van der Waals surface area contributed by atoms with Gasteiger partial charge in [-0.2, -0.15) is 0 Å². The Kier molecular flexibility index (Phi) is 5.69. The summed E-state index contributed by atoms with van der Waals surface area (Å²) in [6.45, 7) is 2.11. The number of aliphatic imine (C=N–C) groups is 1. The molecule has 1 aliphatic rings. The van der Waals surface area contributed by atoms with Crippen LogP contribution in [0.25, 0.3) is 6.08 Å². The van der Waals surface area contributed by atoms with E-state index in [-0.39, 0.29) is 5.91 Å². The van der Waals surface area contributed by atoms with E-state index in [1.807, 2.05) is 12.1 Å². The summed E-state index contributed by atoms with van der Waals surface area (Å²) in [5.41, 5.74) is 2.84. The maximum Gasteiger partial charge on any atom is 0.266 e. The average molecular weight is 387 g/mol. The van der Waals surface area contributed by atoms with Crippen molar-refractivity contribution in [1.82, 2.24) is 4.90 Å². The van der Waals surface area contributed by atoms with Crippen LogP contribution in [0.15, 0.2) is 52.4 Å². The van der Waals surface area contributed by atoms with E-state index in [0.717, 1.165) is 17.7 Å². The first kappa shape index (κ1) is 18.5. The van der Waals surface area contributed by atoms with Gasteiger partial charge in [0.25, 0.3) is 5.91 Å². The van der Waals surface area contributed by atoms with Gasteiger partial charge in [-0.15, -0.1) is 0 Å². The van der Waals surface area contributed by atoms with E-state index in [1.54, 1.807) is 43.3 Å². The number of thioether (sulfide) groups is 1. The highest BCUT2D eigenvalue weighted by atomic mass is 35.5. The van der Waals surface area contributed by atoms with E-state index in [9.17, 15) is 4.79 Å². The lowest BCUT2D eigenvalue weighted by atomic mass is 10.2. The van der Waals surface area contributed by atoms with Crippen molar-refractivity contribution < 1.29 is 9.53 Å². The predicted molar refractivity (Wildman–Crippen MR) is 109 cm³/mol. The molecule has 0 spiro atoms. The molecular formula is C20H19ClN2O2S. The molecule has 134 valence electrons. The third-order valence-corrected chi connectivity index (χ3v) is 5.35. The molecule has 0 aromatic heterocycles. The first-order chi connectivity index (χ1) is 12.5. The topological polar surface area (TPSA) is 41.9 Å². The Bertz CT molecular complexity index is 891. The van der Waals surface area contributed by atoms with Gasteiger partial charge in [0.15, 0.2) is 5.17 Å². The molecular weight excluding hydrogens is 368 g/mol. The summed E-state index contributed by atoms with van der Waals surface area (Å²) in [4.78, 5) is 19.3. The van der Waals surface area contributed by atoms with Gasteiger partial charge in [-0.3, -0.25) is 9.69 Å². The maximum atomic E-state index is 12.6. The number of rotatable bonds is 4. The predicted octanol–water partition coefficient (Wildman–Crippen LogP) is 5.14. The highest BCUT2D eigenvalue weighted by Gasteiger charge is 2.30. The van der Waals surface area contributed by atoms with Gasteiger partial charge in [0.05, 0.1) is 17.7 Å². The van der Waals surface area contributed by atoms with Crippen LogP contribution in [0.2, 0.25) is 5.02 Å². The molecule has 0 unspecified atom stereocenters. The summed E-state index contributed by atoms with van der Waals surface area (Å²) in [5, 5.41) is 1.23. The molecule has 3 rings (SSSR count). The first-order valence-corrected chi connectivity index (χ1v) is 9.40. The summed E-state index contributed by atoms with van der Waals surface area (Å²) in [5.74, 6) is 0.569. The smallest absolute Gasteiger partial charge is 0.266 e. The standard InChI is InChI=1S/C20H19ClN2O2S/c1-4-13-5-8-16(9-6-13)22-20-23(2)19(24)18(26-20)12-14-11-15(21)7-10-17(14)25-3/h5-12H,4H2,1-3H3/b18-12+,22-20?. The Labute approximate surface area is 162 Å². The zero-order chi connectivity index (χ0) is 18.7. The molecule has 0 saturated carbocycles. The molecule has 0 radical (unpaired) electrons. The largest absolute Gasteiger partial charge is 0.496 e. The lowest BCUT2D eigenvalue weighted by Crippen LogP contribution is -2.23. The Morgan fingerprint density at radius 2 is 1.96 bits per heavy atom. The van der Waals surface area contributed by atoms with Crippen LogP contribution < -0.4 is 4.74 Å². The average Bonchev–Trinajstić information content (AvgIpc) is 2.90. The van der Waals surface area contributed by atoms with E-state index < -0.39 is 0 Å². The number of methoxy groups -OCH3 is 1. The highest BCUT2D eigenvalue weighted by molar-refractivity contribution is 8.18. The number of benzene rings is 2. The summed E-state index contributed by atoms with van der Waals surface area (Å²) in [6, 6.07) is 13.3. The van der Waals surface area contributed by atoms with Crippen molar-refractivity contribution in [3.05, 3.63) is 63.5 Å². The summed E-state index contributed by atoms with van der Waals surface area (Å²) >= 11 is 7.41. The second-order valence-corrected chi connectivity index (χ2v) is 7.22. The first-order valence-electron chi connectivity index (χ1n) is 8.20. The van der Waals surface area contributed by atoms with Crippen LogP contribution in [0.3, 0.4) is 0 Å². The van der Waals surface area contributed by atoms with Crippen molar-refractivity contribution in [3.8, 4) is 5.75 Å². The number of ether oxygens (including phenoxy) is 1. The lowest BCUT2D eigenvalue weighted by molar-refractivity contribution is -0.121. The van der Waals surface area contributed by atoms with Gasteiger partial charge in [-0.25, -0.2) is 4.99 Å². The number of amides is 1. The van der Waals surface area contributed by atoms with Crippen molar-refractivity contribution in [1.29, 1.82) is 0 Å². The molecule has 4 nitrogen and oxygen atoms in total. The number of aryl methyl sites for hydroxylation is 1. The van der Waals surface area contributed by atoms with E-state index in [2.05, 4.69) is 24.0 Å². The molecule has 0 aliphatic carbocycles. The fourth-order valence-corrected chi connectivity index (χ4v) is 3.69. The van der Waals surface area contributed by atoms with Crippen LogP contribution in [0.1, 0.15) is 18.1 Å². The number of hydrogen-bond acceptors (Lipinski definition) is 4. The van der Waals surface area contributed by atoms with Crippen molar-refractivity contribution in [2.24, 2.45) is 4.99 Å². The second-order valence-electron chi connectivity index (χ2n) is 5.78. The highest BCUT2D eigenvalue weighted by Crippen LogP contribution is 2.35. The molecule has 0 N–H and O–H groups in total. The van der Waals surface area contributed by atoms with Gasteiger partial charge in [-0.05, 0) is 60.2 Å². The maximum absolute atomic E-state index is 12.6. The lowest BCUT2D eigenvalue weighted by Gasteiger charge is -2.07. The van der Waals surface area contributed by atoms with E-state index in [1.165, 1.54) is 17.3 Å². The molecule has 1 aliphatic heterocycles. The number of halogens is 1. The minimum atomic E-state index is -0.0963. The van der Waals surface area contributed by atoms with Crippen LogP contribution in [0, 0.1) is 0 Å². The molecule has 1 saturated heterocycles. The van der Waals surface area contributed by atoms with E-state index in [4.69, 9.17) is 16.3 Å². The van der Waals surface area contributed by atoms with Crippen LogP contribution in [0.5, 0.6) is 5.75 Å². The summed E-state index contributed by atoms with van der Waals surface area (Å²) in [6.07, 6.45) is 2.77. The monoisotopic (exact) mass is 386 g/mol. The molecule has 1 heterocycles. The van der Waals surface area contributed by atoms with Crippen LogP contribution in [-0.4, -0.2) is 30.1 Å². The van der Waals surface area contributed by atoms with Crippen LogP contribution >= 0.6 is 23.4 Å². The molecule has 0 atom stereocenters. The van der Waals surface area contributed by atoms with Crippen molar-refractivity contribution in [2.75, 3.05) is 14.2 Å². The third kappa shape index (κ3) is 3.94. The Morgan fingerprint density at radius 3 is 2.62 bits per heavy atom. The van der Waals surface area contributed by atoms with Crippen LogP contribution in [0.4, 0.5) is 5.69 Å². The number of carbonyl (C=O) groups excluding carboxylic acids is 1. The van der Waals surface area contributed by atoms with Gasteiger partial charge in [0.1, 0.15) is 5.75 Å². The number of likely N-dealkylation sites (N-methyl/N-ethyl adjacent to an activating group) is 1. The Hall–Kier alpha value is -2.24. The van der Waals surface area contributed by atoms with Gasteiger partial charge in [0, 0.05) is 17.6 Å². The number of amidine groups is 1. The van der Waals surface area contributed by atoms with E-state index >= 15 is 0 Å².